The topological polar surface area (TPSA) is 101 Å². The number of aromatic nitrogens is 2. The number of rotatable bonds is 5. The number of H-pyrrole nitrogens is 1. The van der Waals surface area contributed by atoms with Gasteiger partial charge in [-0.2, -0.15) is 0 Å². The van der Waals surface area contributed by atoms with Gasteiger partial charge in [-0.25, -0.2) is 4.98 Å². The highest BCUT2D eigenvalue weighted by Crippen LogP contribution is 2.20. The van der Waals surface area contributed by atoms with Crippen molar-refractivity contribution in [3.8, 4) is 0 Å². The Hall–Kier alpha value is -1.96. The summed E-state index contributed by atoms with van der Waals surface area (Å²) in [7, 11) is -0.905. The van der Waals surface area contributed by atoms with Crippen LogP contribution in [0.4, 0.5) is 11.6 Å². The minimum atomic E-state index is -0.905. The first kappa shape index (κ1) is 13.5. The summed E-state index contributed by atoms with van der Waals surface area (Å²) in [5.41, 5.74) is 1.27. The third-order valence-corrected chi connectivity index (χ3v) is 4.10. The summed E-state index contributed by atoms with van der Waals surface area (Å²) in [5.74, 6) is 0.521. The maximum atomic E-state index is 11.2. The SMILES string of the molecule is CC(CNc1nc2ccc([N+](=O)[O-])cc2[nH]1)S(C)=O. The lowest BCUT2D eigenvalue weighted by atomic mass is 10.3. The van der Waals surface area contributed by atoms with Gasteiger partial charge >= 0.3 is 0 Å². The van der Waals surface area contributed by atoms with Gasteiger partial charge in [0.15, 0.2) is 0 Å². The molecule has 2 unspecified atom stereocenters. The molecular formula is C11H14N4O3S. The van der Waals surface area contributed by atoms with Crippen LogP contribution in [-0.2, 0) is 10.8 Å². The van der Waals surface area contributed by atoms with Crippen molar-refractivity contribution in [1.29, 1.82) is 0 Å². The molecule has 2 aromatic rings. The van der Waals surface area contributed by atoms with Gasteiger partial charge in [0.05, 0.1) is 16.0 Å². The molecule has 2 N–H and O–H groups in total. The second-order valence-corrected chi connectivity index (χ2v) is 6.04. The minimum Gasteiger partial charge on any atom is -0.355 e. The van der Waals surface area contributed by atoms with E-state index in [1.807, 2.05) is 6.92 Å². The number of nitrogens with one attached hydrogen (secondary N) is 2. The maximum absolute atomic E-state index is 11.2. The van der Waals surface area contributed by atoms with Crippen LogP contribution in [0.2, 0.25) is 0 Å². The number of nitro benzene ring substituents is 1. The Morgan fingerprint density at radius 2 is 2.32 bits per heavy atom. The van der Waals surface area contributed by atoms with E-state index >= 15 is 0 Å². The highest BCUT2D eigenvalue weighted by molar-refractivity contribution is 7.84. The van der Waals surface area contributed by atoms with Gasteiger partial charge in [0, 0.05) is 41.0 Å². The second-order valence-electron chi connectivity index (χ2n) is 4.23. The van der Waals surface area contributed by atoms with Crippen molar-refractivity contribution < 1.29 is 9.13 Å². The molecule has 0 aliphatic rings. The number of imidazole rings is 1. The normalized spacial score (nSPS) is 14.2. The van der Waals surface area contributed by atoms with Gasteiger partial charge in [0.2, 0.25) is 5.95 Å². The van der Waals surface area contributed by atoms with Crippen LogP contribution in [0.1, 0.15) is 6.92 Å². The Kier molecular flexibility index (Phi) is 3.79. The van der Waals surface area contributed by atoms with Crippen molar-refractivity contribution in [2.45, 2.75) is 12.2 Å². The molecular weight excluding hydrogens is 268 g/mol. The van der Waals surface area contributed by atoms with Crippen molar-refractivity contribution in [3.05, 3.63) is 28.3 Å². The standard InChI is InChI=1S/C11H14N4O3S/c1-7(19(2)18)6-12-11-13-9-4-3-8(15(16)17)5-10(9)14-11/h3-5,7H,6H2,1-2H3,(H2,12,13,14). The molecule has 1 aromatic heterocycles. The van der Waals surface area contributed by atoms with E-state index in [1.54, 1.807) is 12.3 Å². The van der Waals surface area contributed by atoms with Gasteiger partial charge in [-0.3, -0.25) is 14.3 Å². The van der Waals surface area contributed by atoms with E-state index < -0.39 is 15.7 Å². The van der Waals surface area contributed by atoms with Gasteiger partial charge < -0.3 is 10.3 Å². The first-order valence-electron chi connectivity index (χ1n) is 5.67. The van der Waals surface area contributed by atoms with E-state index in [0.29, 0.717) is 23.5 Å². The molecule has 2 rings (SSSR count). The van der Waals surface area contributed by atoms with Crippen molar-refractivity contribution in [2.24, 2.45) is 0 Å². The van der Waals surface area contributed by atoms with Gasteiger partial charge in [0.1, 0.15) is 0 Å². The smallest absolute Gasteiger partial charge is 0.271 e. The zero-order valence-electron chi connectivity index (χ0n) is 10.5. The molecule has 0 spiro atoms. The van der Waals surface area contributed by atoms with Crippen LogP contribution in [0.3, 0.4) is 0 Å². The molecule has 8 heteroatoms. The van der Waals surface area contributed by atoms with Crippen LogP contribution in [0.5, 0.6) is 0 Å². The minimum absolute atomic E-state index is 0.00236. The maximum Gasteiger partial charge on any atom is 0.271 e. The van der Waals surface area contributed by atoms with E-state index in [9.17, 15) is 14.3 Å². The highest BCUT2D eigenvalue weighted by Gasteiger charge is 2.11. The third kappa shape index (κ3) is 3.08. The summed E-state index contributed by atoms with van der Waals surface area (Å²) in [6, 6.07) is 4.45. The number of hydrogen-bond acceptors (Lipinski definition) is 5. The van der Waals surface area contributed by atoms with Crippen LogP contribution in [-0.4, -0.2) is 37.2 Å². The Morgan fingerprint density at radius 1 is 1.58 bits per heavy atom. The Labute approximate surface area is 112 Å². The quantitative estimate of drug-likeness (QED) is 0.641. The summed E-state index contributed by atoms with van der Waals surface area (Å²) < 4.78 is 11.2. The average molecular weight is 282 g/mol. The first-order valence-corrected chi connectivity index (χ1v) is 7.30. The number of benzene rings is 1. The van der Waals surface area contributed by atoms with Crippen molar-refractivity contribution in [2.75, 3.05) is 18.1 Å². The van der Waals surface area contributed by atoms with Crippen LogP contribution in [0, 0.1) is 10.1 Å². The number of hydrogen-bond donors (Lipinski definition) is 2. The molecule has 1 heterocycles. The van der Waals surface area contributed by atoms with Gasteiger partial charge in [0.25, 0.3) is 5.69 Å². The zero-order chi connectivity index (χ0) is 14.0. The summed E-state index contributed by atoms with van der Waals surface area (Å²) in [5, 5.41) is 13.7. The van der Waals surface area contributed by atoms with E-state index in [1.165, 1.54) is 12.1 Å². The Bertz CT molecular complexity index is 640. The molecule has 2 atom stereocenters. The molecule has 0 saturated heterocycles. The monoisotopic (exact) mass is 282 g/mol. The van der Waals surface area contributed by atoms with Crippen molar-refractivity contribution in [3.63, 3.8) is 0 Å². The highest BCUT2D eigenvalue weighted by atomic mass is 32.2. The van der Waals surface area contributed by atoms with Crippen molar-refractivity contribution >= 4 is 33.5 Å². The molecule has 1 aromatic carbocycles. The number of fused-ring (bicyclic) bond motifs is 1. The number of anilines is 1. The van der Waals surface area contributed by atoms with Crippen LogP contribution in [0.25, 0.3) is 11.0 Å². The summed E-state index contributed by atoms with van der Waals surface area (Å²) >= 11 is 0. The summed E-state index contributed by atoms with van der Waals surface area (Å²) in [6.07, 6.45) is 1.65. The second kappa shape index (κ2) is 5.35. The van der Waals surface area contributed by atoms with E-state index in [-0.39, 0.29) is 10.9 Å². The fourth-order valence-corrected chi connectivity index (χ4v) is 1.87. The van der Waals surface area contributed by atoms with Gasteiger partial charge in [-0.05, 0) is 13.0 Å². The van der Waals surface area contributed by atoms with Gasteiger partial charge in [-0.1, -0.05) is 0 Å². The lowest BCUT2D eigenvalue weighted by molar-refractivity contribution is -0.384. The van der Waals surface area contributed by atoms with E-state index in [0.717, 1.165) is 0 Å². The molecule has 0 amide bonds. The molecule has 102 valence electrons. The number of nitro groups is 1. The third-order valence-electron chi connectivity index (χ3n) is 2.80. The lowest BCUT2D eigenvalue weighted by Crippen LogP contribution is -2.21. The van der Waals surface area contributed by atoms with Crippen LogP contribution in [0.15, 0.2) is 18.2 Å². The Morgan fingerprint density at radius 3 is 2.95 bits per heavy atom. The predicted molar refractivity (Wildman–Crippen MR) is 74.8 cm³/mol. The largest absolute Gasteiger partial charge is 0.355 e. The predicted octanol–water partition coefficient (Wildman–Crippen LogP) is 1.65. The summed E-state index contributed by atoms with van der Waals surface area (Å²) in [6.45, 7) is 2.39. The lowest BCUT2D eigenvalue weighted by Gasteiger charge is -2.08. The fourth-order valence-electron chi connectivity index (χ4n) is 1.55. The average Bonchev–Trinajstić information content (AvgIpc) is 2.77. The molecule has 19 heavy (non-hydrogen) atoms. The Balaban J connectivity index is 2.17. The molecule has 7 nitrogen and oxygen atoms in total. The van der Waals surface area contributed by atoms with Crippen molar-refractivity contribution in [1.82, 2.24) is 9.97 Å². The molecule has 0 aliphatic carbocycles. The summed E-state index contributed by atoms with van der Waals surface area (Å²) in [4.78, 5) is 17.4. The van der Waals surface area contributed by atoms with Gasteiger partial charge in [-0.15, -0.1) is 0 Å². The molecule has 0 aliphatic heterocycles. The number of aromatic amines is 1. The zero-order valence-corrected chi connectivity index (χ0v) is 11.4. The fraction of sp³-hybridized carbons (Fsp3) is 0.364. The molecule has 0 fully saturated rings. The van der Waals surface area contributed by atoms with Crippen LogP contribution < -0.4 is 5.32 Å². The first-order chi connectivity index (χ1) is 8.97. The van der Waals surface area contributed by atoms with E-state index in [2.05, 4.69) is 15.3 Å². The van der Waals surface area contributed by atoms with Crippen LogP contribution >= 0.6 is 0 Å². The molecule has 0 radical (unpaired) electrons. The number of non-ortho nitro benzene ring substituents is 1. The number of nitrogens with zero attached hydrogens (tertiary/aromatic N) is 2. The molecule has 0 bridgehead atoms. The van der Waals surface area contributed by atoms with E-state index in [4.69, 9.17) is 0 Å². The molecule has 0 saturated carbocycles.